The first-order valence-corrected chi connectivity index (χ1v) is 5.89. The number of alkyl halides is 3. The van der Waals surface area contributed by atoms with E-state index in [1.165, 1.54) is 7.11 Å². The molecule has 0 amide bonds. The third-order valence-electron chi connectivity index (χ3n) is 2.56. The second kappa shape index (κ2) is 5.96. The second-order valence-corrected chi connectivity index (χ2v) is 4.08. The van der Waals surface area contributed by atoms with Crippen molar-refractivity contribution in [3.8, 4) is 17.4 Å². The van der Waals surface area contributed by atoms with Gasteiger partial charge in [0.2, 0.25) is 5.88 Å². The number of hydrogen-bond acceptors (Lipinski definition) is 5. The van der Waals surface area contributed by atoms with Gasteiger partial charge in [-0.1, -0.05) is 0 Å². The average molecular weight is 299 g/mol. The van der Waals surface area contributed by atoms with Crippen molar-refractivity contribution in [3.05, 3.63) is 41.6 Å². The molecule has 0 radical (unpaired) electrons. The summed E-state index contributed by atoms with van der Waals surface area (Å²) in [5, 5.41) is 6.46. The lowest BCUT2D eigenvalue weighted by Crippen LogP contribution is -2.08. The van der Waals surface area contributed by atoms with Crippen LogP contribution in [0.25, 0.3) is 0 Å². The van der Waals surface area contributed by atoms with Crippen LogP contribution in [-0.2, 0) is 12.7 Å². The maximum Gasteiger partial charge on any atom is 0.435 e. The van der Waals surface area contributed by atoms with E-state index in [-0.39, 0.29) is 12.4 Å². The number of nitrogens with two attached hydrogens (primary N) is 1. The molecule has 0 spiro atoms. The van der Waals surface area contributed by atoms with Crippen molar-refractivity contribution in [3.63, 3.8) is 0 Å². The average Bonchev–Trinajstić information content (AvgIpc) is 2.46. The van der Waals surface area contributed by atoms with Gasteiger partial charge in [0.25, 0.3) is 0 Å². The Labute approximate surface area is 118 Å². The van der Waals surface area contributed by atoms with E-state index in [4.69, 9.17) is 15.2 Å². The third-order valence-corrected chi connectivity index (χ3v) is 2.56. The van der Waals surface area contributed by atoms with E-state index in [1.807, 2.05) is 0 Å². The number of ether oxygens (including phenoxy) is 2. The lowest BCUT2D eigenvalue weighted by atomic mass is 10.2. The van der Waals surface area contributed by atoms with E-state index in [9.17, 15) is 13.2 Å². The molecule has 112 valence electrons. The van der Waals surface area contributed by atoms with E-state index in [0.29, 0.717) is 11.5 Å². The molecule has 0 fully saturated rings. The van der Waals surface area contributed by atoms with E-state index < -0.39 is 11.9 Å². The van der Waals surface area contributed by atoms with Gasteiger partial charge in [0.15, 0.2) is 5.69 Å². The molecule has 2 aromatic rings. The Bertz CT molecular complexity index is 593. The Morgan fingerprint density at radius 1 is 1.10 bits per heavy atom. The fourth-order valence-corrected chi connectivity index (χ4v) is 1.57. The van der Waals surface area contributed by atoms with Crippen molar-refractivity contribution < 1.29 is 22.6 Å². The molecule has 0 saturated carbocycles. The quantitative estimate of drug-likeness (QED) is 0.940. The van der Waals surface area contributed by atoms with E-state index in [2.05, 4.69) is 10.2 Å². The summed E-state index contributed by atoms with van der Waals surface area (Å²) in [5.74, 6) is 0.816. The summed E-state index contributed by atoms with van der Waals surface area (Å²) < 4.78 is 47.5. The molecule has 1 aromatic carbocycles. The van der Waals surface area contributed by atoms with Crippen molar-refractivity contribution in [2.45, 2.75) is 12.7 Å². The van der Waals surface area contributed by atoms with Crippen LogP contribution in [0.2, 0.25) is 0 Å². The number of halogens is 3. The van der Waals surface area contributed by atoms with Gasteiger partial charge in [-0.3, -0.25) is 0 Å². The van der Waals surface area contributed by atoms with Gasteiger partial charge in [0.1, 0.15) is 11.5 Å². The van der Waals surface area contributed by atoms with Crippen LogP contribution in [0.15, 0.2) is 30.3 Å². The standard InChI is InChI=1S/C13H12F3N3O2/c1-20-9-4-8(7-17)5-10(6-9)21-12-3-2-11(18-19-12)13(14,15)16/h2-6H,7,17H2,1H3. The van der Waals surface area contributed by atoms with Gasteiger partial charge in [0, 0.05) is 18.7 Å². The lowest BCUT2D eigenvalue weighted by molar-refractivity contribution is -0.141. The minimum atomic E-state index is -4.53. The molecule has 0 aliphatic carbocycles. The minimum absolute atomic E-state index is 0.0563. The van der Waals surface area contributed by atoms with Crippen LogP contribution in [-0.4, -0.2) is 17.3 Å². The van der Waals surface area contributed by atoms with Crippen molar-refractivity contribution in [1.82, 2.24) is 10.2 Å². The number of nitrogens with zero attached hydrogens (tertiary/aromatic N) is 2. The molecule has 21 heavy (non-hydrogen) atoms. The summed E-state index contributed by atoms with van der Waals surface area (Å²) in [6.45, 7) is 0.270. The maximum atomic E-state index is 12.4. The molecule has 0 unspecified atom stereocenters. The number of hydrogen-bond donors (Lipinski definition) is 1. The molecular formula is C13H12F3N3O2. The third kappa shape index (κ3) is 3.82. The second-order valence-electron chi connectivity index (χ2n) is 4.08. The maximum absolute atomic E-state index is 12.4. The summed E-state index contributed by atoms with van der Waals surface area (Å²) in [7, 11) is 1.48. The van der Waals surface area contributed by atoms with Crippen LogP contribution in [0.3, 0.4) is 0 Å². The first-order valence-electron chi connectivity index (χ1n) is 5.89. The number of rotatable bonds is 4. The highest BCUT2D eigenvalue weighted by Gasteiger charge is 2.32. The zero-order valence-electron chi connectivity index (χ0n) is 11.0. The van der Waals surface area contributed by atoms with Crippen molar-refractivity contribution >= 4 is 0 Å². The van der Waals surface area contributed by atoms with Crippen LogP contribution < -0.4 is 15.2 Å². The Kier molecular flexibility index (Phi) is 4.27. The zero-order valence-corrected chi connectivity index (χ0v) is 11.0. The Morgan fingerprint density at radius 3 is 2.33 bits per heavy atom. The summed E-state index contributed by atoms with van der Waals surface area (Å²) >= 11 is 0. The molecule has 0 aliphatic rings. The molecule has 1 heterocycles. The number of methoxy groups -OCH3 is 1. The highest BCUT2D eigenvalue weighted by Crippen LogP contribution is 2.29. The van der Waals surface area contributed by atoms with Crippen LogP contribution in [0.4, 0.5) is 13.2 Å². The smallest absolute Gasteiger partial charge is 0.435 e. The predicted octanol–water partition coefficient (Wildman–Crippen LogP) is 2.76. The highest BCUT2D eigenvalue weighted by atomic mass is 19.4. The van der Waals surface area contributed by atoms with E-state index in [0.717, 1.165) is 17.7 Å². The Morgan fingerprint density at radius 2 is 1.81 bits per heavy atom. The SMILES string of the molecule is COc1cc(CN)cc(Oc2ccc(C(F)(F)F)nn2)c1. The molecule has 8 heteroatoms. The van der Waals surface area contributed by atoms with Crippen LogP contribution in [0, 0.1) is 0 Å². The summed E-state index contributed by atoms with van der Waals surface area (Å²) in [5.41, 5.74) is 5.21. The molecule has 0 bridgehead atoms. The molecular weight excluding hydrogens is 287 g/mol. The fraction of sp³-hybridized carbons (Fsp3) is 0.231. The Balaban J connectivity index is 2.22. The van der Waals surface area contributed by atoms with Crippen LogP contribution >= 0.6 is 0 Å². The first-order chi connectivity index (χ1) is 9.92. The Hall–Kier alpha value is -2.35. The molecule has 0 saturated heterocycles. The lowest BCUT2D eigenvalue weighted by Gasteiger charge is -2.09. The highest BCUT2D eigenvalue weighted by molar-refractivity contribution is 5.39. The van der Waals surface area contributed by atoms with Gasteiger partial charge in [-0.25, -0.2) is 0 Å². The normalized spacial score (nSPS) is 11.3. The molecule has 2 rings (SSSR count). The molecule has 5 nitrogen and oxygen atoms in total. The van der Waals surface area contributed by atoms with Gasteiger partial charge in [-0.15, -0.1) is 10.2 Å². The molecule has 2 N–H and O–H groups in total. The van der Waals surface area contributed by atoms with Gasteiger partial charge < -0.3 is 15.2 Å². The molecule has 0 atom stereocenters. The van der Waals surface area contributed by atoms with Crippen molar-refractivity contribution in [2.24, 2.45) is 5.73 Å². The van der Waals surface area contributed by atoms with Crippen LogP contribution in [0.1, 0.15) is 11.3 Å². The predicted molar refractivity (Wildman–Crippen MR) is 68.0 cm³/mol. The van der Waals surface area contributed by atoms with E-state index >= 15 is 0 Å². The van der Waals surface area contributed by atoms with Gasteiger partial charge in [-0.05, 0) is 23.8 Å². The summed E-state index contributed by atoms with van der Waals surface area (Å²) in [6.07, 6.45) is -4.53. The summed E-state index contributed by atoms with van der Waals surface area (Å²) in [4.78, 5) is 0. The van der Waals surface area contributed by atoms with Crippen molar-refractivity contribution in [1.29, 1.82) is 0 Å². The summed E-state index contributed by atoms with van der Waals surface area (Å²) in [6, 6.07) is 6.83. The van der Waals surface area contributed by atoms with Crippen LogP contribution in [0.5, 0.6) is 17.4 Å². The van der Waals surface area contributed by atoms with Gasteiger partial charge in [-0.2, -0.15) is 13.2 Å². The van der Waals surface area contributed by atoms with Gasteiger partial charge >= 0.3 is 6.18 Å². The largest absolute Gasteiger partial charge is 0.497 e. The number of benzene rings is 1. The zero-order chi connectivity index (χ0) is 15.5. The van der Waals surface area contributed by atoms with Crippen molar-refractivity contribution in [2.75, 3.05) is 7.11 Å². The first kappa shape index (κ1) is 15.0. The monoisotopic (exact) mass is 299 g/mol. The molecule has 0 aliphatic heterocycles. The molecule has 1 aromatic heterocycles. The fourth-order valence-electron chi connectivity index (χ4n) is 1.57. The topological polar surface area (TPSA) is 70.3 Å². The minimum Gasteiger partial charge on any atom is -0.497 e. The number of aromatic nitrogens is 2. The van der Waals surface area contributed by atoms with Gasteiger partial charge in [0.05, 0.1) is 7.11 Å². The van der Waals surface area contributed by atoms with E-state index in [1.54, 1.807) is 18.2 Å².